The molecule has 0 unspecified atom stereocenters. The van der Waals surface area contributed by atoms with Crippen LogP contribution in [-0.2, 0) is 11.3 Å². The first-order valence-electron chi connectivity index (χ1n) is 11.4. The number of nitro groups is 1. The Morgan fingerprint density at radius 2 is 2.03 bits per heavy atom. The van der Waals surface area contributed by atoms with Gasteiger partial charge in [-0.25, -0.2) is 5.43 Å². The summed E-state index contributed by atoms with van der Waals surface area (Å²) in [6.07, 6.45) is 2.94. The highest BCUT2D eigenvalue weighted by molar-refractivity contribution is 7.99. The van der Waals surface area contributed by atoms with Gasteiger partial charge in [0.25, 0.3) is 11.6 Å². The second kappa shape index (κ2) is 11.5. The van der Waals surface area contributed by atoms with Crippen LogP contribution in [0.2, 0.25) is 0 Å². The first kappa shape index (κ1) is 25.6. The monoisotopic (exact) mass is 519 g/mol. The Hall–Kier alpha value is -4.45. The molecule has 4 aromatic rings. The van der Waals surface area contributed by atoms with E-state index in [1.54, 1.807) is 24.5 Å². The van der Waals surface area contributed by atoms with E-state index < -0.39 is 4.92 Å². The quantitative estimate of drug-likeness (QED) is 0.173. The summed E-state index contributed by atoms with van der Waals surface area (Å²) in [5, 5.41) is 27.5. The van der Waals surface area contributed by atoms with E-state index in [9.17, 15) is 14.9 Å². The van der Waals surface area contributed by atoms with Crippen molar-refractivity contribution in [3.05, 3.63) is 81.6 Å². The fourth-order valence-electron chi connectivity index (χ4n) is 3.43. The molecule has 0 aliphatic heterocycles. The van der Waals surface area contributed by atoms with E-state index in [1.807, 2.05) is 43.5 Å². The number of benzene rings is 2. The van der Waals surface area contributed by atoms with Gasteiger partial charge in [-0.3, -0.25) is 19.5 Å². The van der Waals surface area contributed by atoms with Gasteiger partial charge in [0.1, 0.15) is 0 Å². The molecule has 2 N–H and O–H groups in total. The summed E-state index contributed by atoms with van der Waals surface area (Å²) < 4.78 is 7.33. The number of carbonyl (C=O) groups is 1. The molecule has 1 amide bonds. The molecule has 0 spiro atoms. The molecular formula is C25H25N7O4S. The van der Waals surface area contributed by atoms with Crippen LogP contribution in [0.25, 0.3) is 11.6 Å². The van der Waals surface area contributed by atoms with Crippen molar-refractivity contribution in [3.63, 3.8) is 0 Å². The lowest BCUT2D eigenvalue weighted by Gasteiger charge is -2.09. The van der Waals surface area contributed by atoms with Gasteiger partial charge in [0.2, 0.25) is 0 Å². The zero-order valence-electron chi connectivity index (χ0n) is 20.5. The third kappa shape index (κ3) is 6.22. The summed E-state index contributed by atoms with van der Waals surface area (Å²) in [5.74, 6) is 0.808. The van der Waals surface area contributed by atoms with Gasteiger partial charge < -0.3 is 9.73 Å². The average Bonchev–Trinajstić information content (AvgIpc) is 3.55. The lowest BCUT2D eigenvalue weighted by molar-refractivity contribution is -0.384. The van der Waals surface area contributed by atoms with Gasteiger partial charge in [-0.05, 0) is 74.0 Å². The molecule has 0 saturated heterocycles. The number of carbonyl (C=O) groups excluding carboxylic acids is 1. The Kier molecular flexibility index (Phi) is 7.98. The van der Waals surface area contributed by atoms with E-state index in [2.05, 4.69) is 26.0 Å². The third-order valence-electron chi connectivity index (χ3n) is 5.53. The summed E-state index contributed by atoms with van der Waals surface area (Å²) >= 11 is 1.28. The maximum Gasteiger partial charge on any atom is 0.270 e. The number of anilines is 1. The number of rotatable bonds is 10. The van der Waals surface area contributed by atoms with E-state index in [1.165, 1.54) is 35.7 Å². The molecule has 0 bridgehead atoms. The van der Waals surface area contributed by atoms with E-state index in [-0.39, 0.29) is 18.1 Å². The maximum atomic E-state index is 12.3. The fraction of sp³-hybridized carbons (Fsp3) is 0.200. The van der Waals surface area contributed by atoms with Crippen molar-refractivity contribution in [1.29, 1.82) is 0 Å². The molecule has 0 aliphatic carbocycles. The van der Waals surface area contributed by atoms with Crippen molar-refractivity contribution in [2.24, 2.45) is 5.10 Å². The highest BCUT2D eigenvalue weighted by atomic mass is 32.2. The zero-order chi connectivity index (χ0) is 26.4. The van der Waals surface area contributed by atoms with Crippen molar-refractivity contribution in [2.45, 2.75) is 37.4 Å². The van der Waals surface area contributed by atoms with E-state index in [0.29, 0.717) is 33.7 Å². The summed E-state index contributed by atoms with van der Waals surface area (Å²) in [7, 11) is 0. The largest absolute Gasteiger partial charge is 0.461 e. The lowest BCUT2D eigenvalue weighted by atomic mass is 10.1. The molecule has 2 aromatic heterocycles. The average molecular weight is 520 g/mol. The van der Waals surface area contributed by atoms with Gasteiger partial charge in [-0.1, -0.05) is 6.07 Å². The summed E-state index contributed by atoms with van der Waals surface area (Å²) in [6, 6.07) is 13.8. The molecule has 11 nitrogen and oxygen atoms in total. The number of nitro benzene ring substituents is 1. The molecule has 2 aromatic carbocycles. The van der Waals surface area contributed by atoms with Gasteiger partial charge in [0, 0.05) is 34.8 Å². The van der Waals surface area contributed by atoms with E-state index >= 15 is 0 Å². The van der Waals surface area contributed by atoms with Crippen LogP contribution in [0.4, 0.5) is 11.4 Å². The summed E-state index contributed by atoms with van der Waals surface area (Å²) in [6.45, 7) is 6.59. The molecule has 4 rings (SSSR count). The van der Waals surface area contributed by atoms with Crippen molar-refractivity contribution >= 4 is 35.3 Å². The van der Waals surface area contributed by atoms with Crippen LogP contribution in [0, 0.1) is 24.0 Å². The Balaban J connectivity index is 1.49. The first-order valence-corrected chi connectivity index (χ1v) is 12.2. The molecule has 2 heterocycles. The minimum Gasteiger partial charge on any atom is -0.461 e. The molecule has 0 aliphatic rings. The predicted molar refractivity (Wildman–Crippen MR) is 141 cm³/mol. The normalized spacial score (nSPS) is 11.1. The number of non-ortho nitro benzene ring substituents is 1. The van der Waals surface area contributed by atoms with Gasteiger partial charge in [-0.2, -0.15) is 5.10 Å². The van der Waals surface area contributed by atoms with Crippen LogP contribution in [0.3, 0.4) is 0 Å². The molecule has 37 heavy (non-hydrogen) atoms. The molecule has 0 atom stereocenters. The number of nitrogens with one attached hydrogen (secondary N) is 2. The number of furan rings is 1. The minimum atomic E-state index is -0.485. The number of nitrogens with zero attached hydrogens (tertiary/aromatic N) is 5. The van der Waals surface area contributed by atoms with Gasteiger partial charge in [0.05, 0.1) is 23.9 Å². The molecule has 190 valence electrons. The van der Waals surface area contributed by atoms with Gasteiger partial charge >= 0.3 is 0 Å². The highest BCUT2D eigenvalue weighted by Crippen LogP contribution is 2.33. The number of amides is 1. The topological polar surface area (TPSA) is 140 Å². The van der Waals surface area contributed by atoms with E-state index in [4.69, 9.17) is 4.42 Å². The summed E-state index contributed by atoms with van der Waals surface area (Å²) in [4.78, 5) is 23.8. The van der Waals surface area contributed by atoms with Crippen LogP contribution in [0.5, 0.6) is 0 Å². The third-order valence-corrected chi connectivity index (χ3v) is 6.61. The Bertz CT molecular complexity index is 1450. The Morgan fingerprint density at radius 3 is 2.73 bits per heavy atom. The van der Waals surface area contributed by atoms with Gasteiger partial charge in [0.15, 0.2) is 16.7 Å². The molecule has 0 radical (unpaired) electrons. The van der Waals surface area contributed by atoms with Crippen LogP contribution in [0.15, 0.2) is 74.4 Å². The number of aryl methyl sites for hydroxylation is 2. The van der Waals surface area contributed by atoms with Crippen LogP contribution in [-0.4, -0.2) is 38.4 Å². The Morgan fingerprint density at radius 1 is 1.19 bits per heavy atom. The lowest BCUT2D eigenvalue weighted by Crippen LogP contribution is -2.25. The van der Waals surface area contributed by atoms with Crippen molar-refractivity contribution < 1.29 is 14.1 Å². The second-order valence-electron chi connectivity index (χ2n) is 8.05. The number of hydrazone groups is 1. The molecule has 12 heteroatoms. The fourth-order valence-corrected chi connectivity index (χ4v) is 4.40. The first-order chi connectivity index (χ1) is 17.9. The number of hydrogen-bond acceptors (Lipinski definition) is 9. The van der Waals surface area contributed by atoms with Crippen molar-refractivity contribution in [1.82, 2.24) is 20.2 Å². The van der Waals surface area contributed by atoms with Crippen LogP contribution in [0.1, 0.15) is 23.6 Å². The minimum absolute atomic E-state index is 0.0194. The van der Waals surface area contributed by atoms with Crippen molar-refractivity contribution in [2.75, 3.05) is 11.9 Å². The van der Waals surface area contributed by atoms with E-state index in [0.717, 1.165) is 11.3 Å². The smallest absolute Gasteiger partial charge is 0.270 e. The van der Waals surface area contributed by atoms with Crippen LogP contribution < -0.4 is 10.7 Å². The molecule has 0 saturated carbocycles. The predicted octanol–water partition coefficient (Wildman–Crippen LogP) is 4.80. The molecular weight excluding hydrogens is 494 g/mol. The Labute approximate surface area is 217 Å². The van der Waals surface area contributed by atoms with Gasteiger partial charge in [-0.15, -0.1) is 10.2 Å². The number of hydrogen-bond donors (Lipinski definition) is 2. The standard InChI is InChI=1S/C25H25N7O4S/c1-4-31-24(21-6-5-11-36-21)29-30-25(31)37-22-10-9-20(32(34)35)13-18(22)14-27-28-23(33)15-26-19-8-7-16(2)17(3)12-19/h5-14,26H,4,15H2,1-3H3,(H,28,33)/b27-14-. The maximum absolute atomic E-state index is 12.3. The van der Waals surface area contributed by atoms with Crippen LogP contribution >= 0.6 is 11.8 Å². The molecule has 0 fully saturated rings. The highest BCUT2D eigenvalue weighted by Gasteiger charge is 2.18. The second-order valence-corrected chi connectivity index (χ2v) is 9.06. The SMILES string of the molecule is CCn1c(Sc2ccc([N+](=O)[O-])cc2/C=N\NC(=O)CNc2ccc(C)c(C)c2)nnc1-c1ccco1. The summed E-state index contributed by atoms with van der Waals surface area (Å²) in [5.41, 5.74) is 5.92. The van der Waals surface area contributed by atoms with Crippen molar-refractivity contribution in [3.8, 4) is 11.6 Å². The number of aromatic nitrogens is 3. The zero-order valence-corrected chi connectivity index (χ0v) is 21.3.